The molecule has 0 spiro atoms. The molecule has 414 valence electrons. The summed E-state index contributed by atoms with van der Waals surface area (Å²) in [5.41, 5.74) is 8.82. The van der Waals surface area contributed by atoms with Gasteiger partial charge in [0.15, 0.2) is 27.0 Å². The summed E-state index contributed by atoms with van der Waals surface area (Å²) in [6, 6.07) is 12.3. The number of nitrogens with one attached hydrogen (secondary N) is 3. The summed E-state index contributed by atoms with van der Waals surface area (Å²) in [7, 11) is 0. The quantitative estimate of drug-likeness (QED) is 0.0366. The number of nitrogens with zero attached hydrogens (tertiary/aromatic N) is 6. The number of benzene rings is 3. The first-order chi connectivity index (χ1) is 37.5. The van der Waals surface area contributed by atoms with Gasteiger partial charge in [-0.3, -0.25) is 21.3 Å². The van der Waals surface area contributed by atoms with Crippen molar-refractivity contribution in [3.63, 3.8) is 0 Å². The van der Waals surface area contributed by atoms with Gasteiger partial charge in [-0.15, -0.1) is 51.2 Å². The minimum Gasteiger partial charge on any atom is -0.394 e. The molecule has 3 aromatic heterocycles. The van der Waals surface area contributed by atoms with Gasteiger partial charge in [0.1, 0.15) is 35.6 Å². The van der Waals surface area contributed by atoms with Gasteiger partial charge >= 0.3 is 47.9 Å². The monoisotopic (exact) mass is 1340 g/mol. The van der Waals surface area contributed by atoms with Crippen LogP contribution in [-0.4, -0.2) is 69.6 Å². The van der Waals surface area contributed by atoms with E-state index < -0.39 is 36.0 Å². The predicted molar refractivity (Wildman–Crippen MR) is 310 cm³/mol. The first-order valence-electron chi connectivity index (χ1n) is 23.9. The van der Waals surface area contributed by atoms with Crippen molar-refractivity contribution in [3.05, 3.63) is 189 Å². The van der Waals surface area contributed by atoms with Crippen molar-refractivity contribution < 1.29 is 58.1 Å². The number of aromatic nitrogens is 3. The Hall–Kier alpha value is -5.75. The molecule has 0 unspecified atom stereocenters. The van der Waals surface area contributed by atoms with E-state index in [1.54, 1.807) is 117 Å². The van der Waals surface area contributed by atoms with Crippen molar-refractivity contribution in [1.82, 2.24) is 30.9 Å². The zero-order valence-electron chi connectivity index (χ0n) is 44.4. The van der Waals surface area contributed by atoms with Crippen LogP contribution in [0.2, 0.25) is 0 Å². The molecule has 79 heavy (non-hydrogen) atoms. The number of halogens is 6. The third-order valence-corrected chi connectivity index (χ3v) is 13.8. The fourth-order valence-corrected chi connectivity index (χ4v) is 9.62. The number of esters is 3. The molecule has 0 radical (unpaired) electrons. The minimum atomic E-state index is -0.673. The Morgan fingerprint density at radius 2 is 0.937 bits per heavy atom. The summed E-state index contributed by atoms with van der Waals surface area (Å²) in [6.45, 7) is 16.3. The fourth-order valence-electron chi connectivity index (χ4n) is 7.90. The summed E-state index contributed by atoms with van der Waals surface area (Å²) in [6.07, 6.45) is 5.09. The van der Waals surface area contributed by atoms with Gasteiger partial charge in [0, 0.05) is 40.2 Å². The Morgan fingerprint density at radius 1 is 0.582 bits per heavy atom. The number of amidine groups is 3. The Bertz CT molecular complexity index is 3080. The first kappa shape index (κ1) is 65.8. The summed E-state index contributed by atoms with van der Waals surface area (Å²) < 4.78 is 57.4. The molecule has 0 saturated heterocycles. The van der Waals surface area contributed by atoms with Crippen LogP contribution in [0.3, 0.4) is 0 Å². The summed E-state index contributed by atoms with van der Waals surface area (Å²) in [4.78, 5) is 62.8. The molecule has 3 atom stereocenters. The van der Waals surface area contributed by atoms with Crippen LogP contribution in [0.5, 0.6) is 0 Å². The predicted octanol–water partition coefficient (Wildman–Crippen LogP) is 12.6. The van der Waals surface area contributed by atoms with Crippen molar-refractivity contribution in [3.8, 4) is 0 Å². The fraction of sp³-hybridized carbons (Fsp3) is 0.278. The van der Waals surface area contributed by atoms with E-state index in [2.05, 4.69) is 65.0 Å². The van der Waals surface area contributed by atoms with Gasteiger partial charge in [0.05, 0.1) is 36.5 Å². The number of thiazole rings is 3. The zero-order chi connectivity index (χ0) is 57.1. The molecule has 15 nitrogen and oxygen atoms in total. The minimum absolute atomic E-state index is 0. The number of hydrogen-bond donors (Lipinski definition) is 3. The molecule has 6 heterocycles. The van der Waals surface area contributed by atoms with E-state index in [0.717, 1.165) is 0 Å². The number of carbonyl (C=O) groups excluding carboxylic acids is 3. The summed E-state index contributed by atoms with van der Waals surface area (Å²) >= 11 is 14.6. The van der Waals surface area contributed by atoms with Crippen molar-refractivity contribution in [2.24, 2.45) is 15.0 Å². The van der Waals surface area contributed by atoms with E-state index in [1.165, 1.54) is 68.6 Å². The average molecular weight is 1340 g/mol. The van der Waals surface area contributed by atoms with Crippen LogP contribution in [0.15, 0.2) is 138 Å². The number of aliphatic imine (C=N–C) groups is 3. The van der Waals surface area contributed by atoms with Gasteiger partial charge in [0.2, 0.25) is 0 Å². The van der Waals surface area contributed by atoms with E-state index in [0.29, 0.717) is 88.9 Å². The standard InChI is InChI=1S/2C18H18FN3O2S.C15H16ClFN2O2.C3H2NS.2BrH.Zn/c2*1-4-24-18(23)14-11(3)21-16(17-20-8-9-25-17)22-15(14)12-6-5-7-13(19)10(12)2;1-4-21-14(20)12-9(3)18-15(16)19-13(12)10-6-5-7-11(17)8(10)2;1-2-5-3-4-1;;;/h2*5-9,15H,4H2,1-3H3,(H,21,22);5-7,13H,4H2,1-3H3,(H,18,19);1-2H;2*1H;/q;;;-1;;;+2/p-1/t2*15-;13-;;;;/m000..../s1. The van der Waals surface area contributed by atoms with Gasteiger partial charge < -0.3 is 35.1 Å². The largest absolute Gasteiger partial charge is 0.394 e. The smallest absolute Gasteiger partial charge is 0.0221 e. The van der Waals surface area contributed by atoms with E-state index in [9.17, 15) is 27.6 Å². The van der Waals surface area contributed by atoms with Crippen molar-refractivity contribution in [2.75, 3.05) is 19.8 Å². The number of allylic oxidation sites excluding steroid dienone is 3. The third kappa shape index (κ3) is 17.1. The van der Waals surface area contributed by atoms with Crippen molar-refractivity contribution in [1.29, 1.82) is 0 Å². The molecule has 3 aromatic carbocycles. The SMILES string of the molecule is Br.CCOC(=O)C1=C(C)NC(Cl)=N[C@H]1c1cccc(F)c1C.CCOC(=O)C1=C(C)NC(c2nccs2)=N[C@H]1c1cccc(F)c1C.CCOC(=O)C1=C(C)NC(c2nccs2)=N[C@H]1c1cccc(F)c1C.[Zn+][Br].[c-]1nccs1. The molecular formula is C54H55Br2ClF3N9O6S3Zn. The van der Waals surface area contributed by atoms with Crippen molar-refractivity contribution in [2.45, 2.75) is 80.4 Å². The van der Waals surface area contributed by atoms with Gasteiger partial charge in [-0.05, 0) is 131 Å². The van der Waals surface area contributed by atoms with Crippen LogP contribution < -0.4 is 16.0 Å². The Kier molecular flexibility index (Phi) is 27.1. The van der Waals surface area contributed by atoms with E-state index in [1.807, 2.05) is 16.1 Å². The zero-order valence-corrected chi connectivity index (χ0v) is 53.8. The molecule has 0 bridgehead atoms. The van der Waals surface area contributed by atoms with Crippen LogP contribution in [-0.2, 0) is 44.9 Å². The molecule has 0 saturated carbocycles. The molecule has 6 aromatic rings. The topological polar surface area (TPSA) is 191 Å². The molecule has 0 amide bonds. The molecule has 9 rings (SSSR count). The second-order valence-electron chi connectivity index (χ2n) is 16.4. The number of ether oxygens (including phenoxy) is 3. The number of carbonyl (C=O) groups is 3. The molecule has 3 aliphatic rings. The third-order valence-electron chi connectivity index (χ3n) is 11.6. The Labute approximate surface area is 500 Å². The summed E-state index contributed by atoms with van der Waals surface area (Å²) in [5.74, 6) is -1.28. The normalized spacial score (nSPS) is 16.3. The van der Waals surface area contributed by atoms with E-state index >= 15 is 0 Å². The molecule has 25 heteroatoms. The maximum Gasteiger partial charge on any atom is -0.0221 e. The summed E-state index contributed by atoms with van der Waals surface area (Å²) in [5, 5.41) is 16.2. The first-order valence-corrected chi connectivity index (χ1v) is 33.9. The second kappa shape index (κ2) is 32.5. The molecule has 3 N–H and O–H groups in total. The maximum absolute atomic E-state index is 14.1. The van der Waals surface area contributed by atoms with Gasteiger partial charge in [-0.1, -0.05) is 36.4 Å². The van der Waals surface area contributed by atoms with Crippen LogP contribution >= 0.6 is 76.2 Å². The van der Waals surface area contributed by atoms with Crippen LogP contribution in [0.25, 0.3) is 0 Å². The molecule has 0 aliphatic carbocycles. The number of hydrogen-bond acceptors (Lipinski definition) is 18. The Balaban J connectivity index is 0.000000239. The van der Waals surface area contributed by atoms with Crippen molar-refractivity contribution >= 4 is 111 Å². The van der Waals surface area contributed by atoms with E-state index in [-0.39, 0.29) is 59.5 Å². The van der Waals surface area contributed by atoms with Gasteiger partial charge in [-0.2, -0.15) is 0 Å². The van der Waals surface area contributed by atoms with Crippen LogP contribution in [0.4, 0.5) is 13.2 Å². The Morgan fingerprint density at radius 3 is 1.23 bits per heavy atom. The van der Waals surface area contributed by atoms with Crippen LogP contribution in [0, 0.1) is 43.7 Å². The van der Waals surface area contributed by atoms with E-state index in [4.69, 9.17) is 25.8 Å². The number of rotatable bonds is 11. The molecular weight excluding hydrogens is 1280 g/mol. The van der Waals surface area contributed by atoms with Gasteiger partial charge in [-0.25, -0.2) is 42.5 Å². The van der Waals surface area contributed by atoms with Crippen LogP contribution in [0.1, 0.15) is 103 Å². The van der Waals surface area contributed by atoms with Gasteiger partial charge in [0.25, 0.3) is 0 Å². The molecule has 3 aliphatic heterocycles. The second-order valence-corrected chi connectivity index (χ2v) is 19.2. The maximum atomic E-state index is 14.1. The molecule has 0 fully saturated rings. The average Bonchev–Trinajstić information content (AvgIpc) is 4.34.